The van der Waals surface area contributed by atoms with Crippen LogP contribution in [-0.2, 0) is 26.2 Å². The molecular weight excluding hydrogens is 526 g/mol. The van der Waals surface area contributed by atoms with Gasteiger partial charge < -0.3 is 25.8 Å². The first kappa shape index (κ1) is 28.5. The molecule has 0 unspecified atom stereocenters. The molecule has 4 N–H and O–H groups in total. The van der Waals surface area contributed by atoms with Crippen LogP contribution in [0.1, 0.15) is 67.6 Å². The lowest BCUT2D eigenvalue weighted by Gasteiger charge is -2.41. The largest absolute Gasteiger partial charge is 0.361 e. The van der Waals surface area contributed by atoms with Crippen LogP contribution in [0.2, 0.25) is 0 Å². The molecule has 2 fully saturated rings. The summed E-state index contributed by atoms with van der Waals surface area (Å²) in [5.74, 6) is -0.167. The van der Waals surface area contributed by atoms with Gasteiger partial charge in [-0.15, -0.1) is 0 Å². The van der Waals surface area contributed by atoms with E-state index in [1.54, 1.807) is 4.90 Å². The van der Waals surface area contributed by atoms with E-state index in [0.717, 1.165) is 67.0 Å². The van der Waals surface area contributed by atoms with E-state index in [1.165, 1.54) is 5.56 Å². The van der Waals surface area contributed by atoms with Gasteiger partial charge in [0.25, 0.3) is 0 Å². The second kappa shape index (κ2) is 11.6. The highest BCUT2D eigenvalue weighted by molar-refractivity contribution is 5.90. The minimum Gasteiger partial charge on any atom is -0.361 e. The van der Waals surface area contributed by atoms with Crippen molar-refractivity contribution < 1.29 is 14.4 Å². The minimum absolute atomic E-state index is 0.0248. The normalized spacial score (nSPS) is 23.9. The van der Waals surface area contributed by atoms with Gasteiger partial charge in [-0.3, -0.25) is 14.4 Å². The van der Waals surface area contributed by atoms with Crippen LogP contribution in [0.15, 0.2) is 54.7 Å². The maximum Gasteiger partial charge on any atom is 0.245 e. The number of amides is 3. The summed E-state index contributed by atoms with van der Waals surface area (Å²) in [6.45, 7) is 1.21. The van der Waals surface area contributed by atoms with Gasteiger partial charge in [0, 0.05) is 68.1 Å². The maximum atomic E-state index is 14.2. The van der Waals surface area contributed by atoms with Crippen LogP contribution >= 0.6 is 0 Å². The van der Waals surface area contributed by atoms with Crippen molar-refractivity contribution in [3.8, 4) is 0 Å². The molecule has 8 heteroatoms. The van der Waals surface area contributed by atoms with E-state index >= 15 is 0 Å². The molecule has 2 heterocycles. The molecule has 3 amide bonds. The quantitative estimate of drug-likeness (QED) is 0.419. The molecule has 1 saturated heterocycles. The summed E-state index contributed by atoms with van der Waals surface area (Å²) in [4.78, 5) is 47.6. The average Bonchev–Trinajstić information content (AvgIpc) is 3.56. The molecule has 222 valence electrons. The number of H-pyrrole nitrogens is 1. The lowest BCUT2D eigenvalue weighted by molar-refractivity contribution is -0.139. The predicted molar refractivity (Wildman–Crippen MR) is 164 cm³/mol. The molecule has 0 radical (unpaired) electrons. The zero-order valence-corrected chi connectivity index (χ0v) is 24.8. The smallest absolute Gasteiger partial charge is 0.245 e. The van der Waals surface area contributed by atoms with Gasteiger partial charge in [0.15, 0.2) is 0 Å². The number of aromatic amines is 1. The van der Waals surface area contributed by atoms with Gasteiger partial charge in [-0.25, -0.2) is 0 Å². The van der Waals surface area contributed by atoms with Crippen LogP contribution in [0, 0.1) is 5.92 Å². The Morgan fingerprint density at radius 2 is 1.71 bits per heavy atom. The van der Waals surface area contributed by atoms with Crippen molar-refractivity contribution in [3.63, 3.8) is 0 Å². The number of carbonyl (C=O) groups excluding carboxylic acids is 3. The monoisotopic (exact) mass is 569 g/mol. The van der Waals surface area contributed by atoms with Crippen molar-refractivity contribution in [1.29, 1.82) is 0 Å². The Bertz CT molecular complexity index is 1460. The number of piperidine rings is 1. The summed E-state index contributed by atoms with van der Waals surface area (Å²) in [6, 6.07) is 15.9. The number of hydrogen-bond donors (Lipinski definition) is 3. The van der Waals surface area contributed by atoms with Crippen LogP contribution < -0.4 is 11.1 Å². The van der Waals surface area contributed by atoms with E-state index in [2.05, 4.69) is 34.6 Å². The number of hydrogen-bond acceptors (Lipinski definition) is 4. The third-order valence-corrected chi connectivity index (χ3v) is 10.1. The van der Waals surface area contributed by atoms with Crippen molar-refractivity contribution in [2.24, 2.45) is 11.7 Å². The highest BCUT2D eigenvalue weighted by Crippen LogP contribution is 2.52. The molecule has 1 aliphatic heterocycles. The Labute approximate surface area is 248 Å². The third kappa shape index (κ3) is 5.33. The number of fused-ring (bicyclic) bond motifs is 3. The van der Waals surface area contributed by atoms with E-state index in [1.807, 2.05) is 49.5 Å². The van der Waals surface area contributed by atoms with Crippen molar-refractivity contribution in [3.05, 3.63) is 71.4 Å². The van der Waals surface area contributed by atoms with Crippen LogP contribution in [0.5, 0.6) is 0 Å². The zero-order valence-electron chi connectivity index (χ0n) is 24.8. The Morgan fingerprint density at radius 1 is 1.02 bits per heavy atom. The number of rotatable bonds is 6. The second-order valence-corrected chi connectivity index (χ2v) is 12.9. The number of aromatic nitrogens is 1. The van der Waals surface area contributed by atoms with Crippen LogP contribution in [0.3, 0.4) is 0 Å². The number of benzene rings is 2. The lowest BCUT2D eigenvalue weighted by atomic mass is 9.73. The molecule has 0 bridgehead atoms. The number of nitrogens with two attached hydrogens (primary N) is 1. The SMILES string of the molecule is CN(C)C(=O)[C@@H]1CC2(CCN(C(=O)[C@@H](Cc3c[nH]c4ccccc34)NC(=O)C3CCC(N)CC3)CC2)c2ccccc21. The topological polar surface area (TPSA) is 112 Å². The van der Waals surface area contributed by atoms with E-state index in [4.69, 9.17) is 5.73 Å². The zero-order chi connectivity index (χ0) is 29.4. The fourth-order valence-corrected chi connectivity index (χ4v) is 7.67. The van der Waals surface area contributed by atoms with Crippen molar-refractivity contribution >= 4 is 28.6 Å². The second-order valence-electron chi connectivity index (χ2n) is 12.9. The van der Waals surface area contributed by atoms with E-state index in [0.29, 0.717) is 19.5 Å². The van der Waals surface area contributed by atoms with Crippen LogP contribution in [-0.4, -0.2) is 71.8 Å². The molecule has 1 spiro atoms. The highest BCUT2D eigenvalue weighted by Gasteiger charge is 2.48. The van der Waals surface area contributed by atoms with Crippen molar-refractivity contribution in [2.75, 3.05) is 27.2 Å². The van der Waals surface area contributed by atoms with Crippen LogP contribution in [0.4, 0.5) is 0 Å². The molecule has 1 aromatic heterocycles. The highest BCUT2D eigenvalue weighted by atomic mass is 16.2. The van der Waals surface area contributed by atoms with Gasteiger partial charge in [0.2, 0.25) is 17.7 Å². The van der Waals surface area contributed by atoms with Gasteiger partial charge in [-0.2, -0.15) is 0 Å². The van der Waals surface area contributed by atoms with Crippen molar-refractivity contribution in [2.45, 2.75) is 74.8 Å². The number of nitrogens with one attached hydrogen (secondary N) is 2. The Morgan fingerprint density at radius 3 is 2.45 bits per heavy atom. The average molecular weight is 570 g/mol. The molecule has 2 atom stereocenters. The Balaban J connectivity index is 1.20. The standard InChI is InChI=1S/C34H43N5O3/c1-38(2)32(41)27-20-34(28-9-5-3-8-26(27)28)15-17-39(18-16-34)33(42)30(37-31(40)22-11-13-24(35)14-12-22)19-23-21-36-29-10-6-4-7-25(23)29/h3-10,21-22,24,27,30,36H,11-20,35H2,1-2H3,(H,37,40)/t22?,24?,27-,30-/m1/s1. The number of likely N-dealkylation sites (N-methyl/N-ethyl adjacent to an activating group) is 1. The fraction of sp³-hybridized carbons (Fsp3) is 0.500. The molecular formula is C34H43N5O3. The molecule has 42 heavy (non-hydrogen) atoms. The van der Waals surface area contributed by atoms with E-state index in [9.17, 15) is 14.4 Å². The number of para-hydroxylation sites is 1. The van der Waals surface area contributed by atoms with Gasteiger partial charge in [-0.1, -0.05) is 42.5 Å². The molecule has 3 aromatic rings. The first-order valence-corrected chi connectivity index (χ1v) is 15.5. The summed E-state index contributed by atoms with van der Waals surface area (Å²) in [5.41, 5.74) is 10.4. The Hall–Kier alpha value is -3.65. The Kier molecular flexibility index (Phi) is 7.83. The van der Waals surface area contributed by atoms with Gasteiger partial charge in [0.1, 0.15) is 6.04 Å². The molecule has 3 aliphatic rings. The number of nitrogens with zero attached hydrogens (tertiary/aromatic N) is 2. The number of carbonyl (C=O) groups is 3. The molecule has 6 rings (SSSR count). The molecule has 2 aromatic carbocycles. The summed E-state index contributed by atoms with van der Waals surface area (Å²) in [7, 11) is 3.64. The predicted octanol–water partition coefficient (Wildman–Crippen LogP) is 3.85. The molecule has 2 aliphatic carbocycles. The summed E-state index contributed by atoms with van der Waals surface area (Å²) >= 11 is 0. The maximum absolute atomic E-state index is 14.2. The fourth-order valence-electron chi connectivity index (χ4n) is 7.67. The third-order valence-electron chi connectivity index (χ3n) is 10.1. The number of likely N-dealkylation sites (tertiary alicyclic amines) is 1. The van der Waals surface area contributed by atoms with Crippen molar-refractivity contribution in [1.82, 2.24) is 20.1 Å². The summed E-state index contributed by atoms with van der Waals surface area (Å²) in [5, 5.41) is 4.25. The summed E-state index contributed by atoms with van der Waals surface area (Å²) < 4.78 is 0. The summed E-state index contributed by atoms with van der Waals surface area (Å²) in [6.07, 6.45) is 7.99. The molecule has 1 saturated carbocycles. The first-order chi connectivity index (χ1) is 20.3. The molecule has 8 nitrogen and oxygen atoms in total. The minimum atomic E-state index is -0.639. The van der Waals surface area contributed by atoms with Crippen LogP contribution in [0.25, 0.3) is 10.9 Å². The van der Waals surface area contributed by atoms with E-state index in [-0.39, 0.29) is 41.0 Å². The van der Waals surface area contributed by atoms with Gasteiger partial charge >= 0.3 is 0 Å². The lowest BCUT2D eigenvalue weighted by Crippen LogP contribution is -2.54. The van der Waals surface area contributed by atoms with Gasteiger partial charge in [-0.05, 0) is 67.7 Å². The van der Waals surface area contributed by atoms with Gasteiger partial charge in [0.05, 0.1) is 5.92 Å². The first-order valence-electron chi connectivity index (χ1n) is 15.5. The van der Waals surface area contributed by atoms with E-state index < -0.39 is 6.04 Å².